The molecule has 0 bridgehead atoms. The Morgan fingerprint density at radius 3 is 2.19 bits per heavy atom. The molecule has 1 aromatic heterocycles. The molecule has 2 heterocycles. The van der Waals surface area contributed by atoms with Crippen molar-refractivity contribution in [2.24, 2.45) is 5.41 Å². The number of aromatic nitrogens is 1. The second-order valence-corrected chi connectivity index (χ2v) is 9.96. The summed E-state index contributed by atoms with van der Waals surface area (Å²) in [6.07, 6.45) is 7.54. The summed E-state index contributed by atoms with van der Waals surface area (Å²) in [6, 6.07) is 4.00. The number of hydrogen-bond acceptors (Lipinski definition) is 2. The number of hydrogen-bond donors (Lipinski definition) is 0. The molecule has 1 aliphatic carbocycles. The molecule has 0 spiro atoms. The van der Waals surface area contributed by atoms with Gasteiger partial charge in [0.2, 0.25) is 0 Å². The summed E-state index contributed by atoms with van der Waals surface area (Å²) in [4.78, 5) is 4.99. The first-order valence-electron chi connectivity index (χ1n) is 9.59. The predicted octanol–water partition coefficient (Wildman–Crippen LogP) is 3.81. The zero-order valence-electron chi connectivity index (χ0n) is 17.7. The topological polar surface area (TPSA) is 45.9 Å². The first-order valence-corrected chi connectivity index (χ1v) is 9.59. The van der Waals surface area contributed by atoms with Crippen LogP contribution < -0.4 is 29.6 Å². The molecule has 0 radical (unpaired) electrons. The molecule has 0 aromatic carbocycles. The van der Waals surface area contributed by atoms with Crippen molar-refractivity contribution in [2.75, 3.05) is 0 Å². The molecule has 0 unspecified atom stereocenters. The Balaban J connectivity index is 0.00000243. The first-order chi connectivity index (χ1) is 11.5. The third kappa shape index (κ3) is 5.13. The van der Waals surface area contributed by atoms with E-state index in [-0.39, 0.29) is 40.8 Å². The van der Waals surface area contributed by atoms with Gasteiger partial charge in [0.25, 0.3) is 0 Å². The smallest absolute Gasteiger partial charge is 0.697 e. The van der Waals surface area contributed by atoms with Crippen molar-refractivity contribution in [3.8, 4) is 0 Å². The van der Waals surface area contributed by atoms with E-state index < -0.39 is 0 Å². The average molecular weight is 365 g/mol. The molecule has 1 N–H and O–H groups in total. The third-order valence-corrected chi connectivity index (χ3v) is 5.64. The van der Waals surface area contributed by atoms with Crippen LogP contribution in [0.2, 0.25) is 0 Å². The van der Waals surface area contributed by atoms with Crippen LogP contribution in [-0.4, -0.2) is 16.2 Å². The van der Waals surface area contributed by atoms with Crippen molar-refractivity contribution in [3.63, 3.8) is 0 Å². The molecule has 2 aliphatic rings. The van der Waals surface area contributed by atoms with Crippen molar-refractivity contribution < 1.29 is 34.3 Å². The minimum Gasteiger partial charge on any atom is -0.697 e. The normalized spacial score (nSPS) is 24.5. The summed E-state index contributed by atoms with van der Waals surface area (Å²) in [6.45, 7) is 13.3. The summed E-state index contributed by atoms with van der Waals surface area (Å²) < 4.78 is 6.23. The summed E-state index contributed by atoms with van der Waals surface area (Å²) in [7, 11) is 0. The molecule has 1 aliphatic heterocycles. The maximum atomic E-state index is 8.34. The summed E-state index contributed by atoms with van der Waals surface area (Å²) in [5.41, 5.74) is 12.3. The molecule has 3 nitrogen and oxygen atoms in total. The van der Waals surface area contributed by atoms with Crippen molar-refractivity contribution in [2.45, 2.75) is 90.8 Å². The Hall–Kier alpha value is -0.350. The molecule has 26 heavy (non-hydrogen) atoms. The molecule has 3 rings (SSSR count). The molecule has 1 aromatic rings. The van der Waals surface area contributed by atoms with Crippen molar-refractivity contribution in [3.05, 3.63) is 35.3 Å². The van der Waals surface area contributed by atoms with Gasteiger partial charge in [0.05, 0.1) is 16.9 Å². The van der Waals surface area contributed by atoms with Crippen LogP contribution in [0.3, 0.4) is 0 Å². The largest absolute Gasteiger partial charge is 1.00 e. The van der Waals surface area contributed by atoms with Gasteiger partial charge in [0, 0.05) is 11.6 Å². The van der Waals surface area contributed by atoms with Gasteiger partial charge in [-0.15, -0.1) is 5.69 Å². The minimum absolute atomic E-state index is 0. The van der Waals surface area contributed by atoms with E-state index in [2.05, 4.69) is 53.7 Å². The summed E-state index contributed by atoms with van der Waals surface area (Å²) in [5, 5.41) is 0. The van der Waals surface area contributed by atoms with Crippen LogP contribution in [0.25, 0.3) is 11.3 Å². The Kier molecular flexibility index (Phi) is 6.40. The zero-order chi connectivity index (χ0) is 18.5. The maximum absolute atomic E-state index is 8.34. The Bertz CT molecular complexity index is 675. The number of pyridine rings is 1. The molecule has 1 fully saturated rings. The number of nitrogens with zero attached hydrogens (tertiary/aromatic N) is 1. The van der Waals surface area contributed by atoms with Crippen molar-refractivity contribution >= 4 is 11.3 Å². The molecule has 0 atom stereocenters. The molecule has 1 saturated heterocycles. The maximum Gasteiger partial charge on any atom is 1.00 e. The molecular formula is C22H33N2NaO. The Morgan fingerprint density at radius 2 is 1.65 bits per heavy atom. The van der Waals surface area contributed by atoms with E-state index in [0.717, 1.165) is 37.1 Å². The van der Waals surface area contributed by atoms with Gasteiger partial charge in [0.15, 0.2) is 0 Å². The molecule has 0 saturated carbocycles. The fraction of sp³-hybridized carbons (Fsp3) is 0.682. The standard InChI is InChI=1S/C22H33N2O.Na/c1-20(2)11-9-15(10-12-20)19-17(23)7-8-18(24-19)16-13-21(3,4)25-22(5,6)14-16;/h7-9,16,23H,10-14H2,1-6H3;/q-1;+1. The first kappa shape index (κ1) is 21.9. The third-order valence-electron chi connectivity index (χ3n) is 5.64. The molecule has 0 amide bonds. The van der Waals surface area contributed by atoms with Gasteiger partial charge in [0.1, 0.15) is 0 Å². The van der Waals surface area contributed by atoms with E-state index in [1.807, 2.05) is 6.07 Å². The average Bonchev–Trinajstić information content (AvgIpc) is 2.45. The number of allylic oxidation sites excluding steroid dienone is 2. The number of ether oxygens (including phenoxy) is 1. The van der Waals surface area contributed by atoms with Gasteiger partial charge in [-0.3, -0.25) is 4.98 Å². The van der Waals surface area contributed by atoms with Crippen LogP contribution in [0, 0.1) is 5.41 Å². The van der Waals surface area contributed by atoms with Crippen LogP contribution >= 0.6 is 0 Å². The van der Waals surface area contributed by atoms with Crippen molar-refractivity contribution in [1.82, 2.24) is 4.98 Å². The van der Waals surface area contributed by atoms with Gasteiger partial charge in [-0.05, 0) is 76.9 Å². The number of rotatable bonds is 2. The second-order valence-electron chi connectivity index (χ2n) is 9.96. The van der Waals surface area contributed by atoms with E-state index in [1.54, 1.807) is 0 Å². The van der Waals surface area contributed by atoms with E-state index in [1.165, 1.54) is 12.0 Å². The molecular weight excluding hydrogens is 331 g/mol. The Labute approximate surface area is 181 Å². The fourth-order valence-electron chi connectivity index (χ4n) is 4.54. The molecule has 4 heteroatoms. The fourth-order valence-corrected chi connectivity index (χ4v) is 4.54. The second kappa shape index (κ2) is 7.58. The monoisotopic (exact) mass is 364 g/mol. The van der Waals surface area contributed by atoms with Gasteiger partial charge in [-0.2, -0.15) is 0 Å². The summed E-state index contributed by atoms with van der Waals surface area (Å²) >= 11 is 0. The molecule has 138 valence electrons. The Morgan fingerprint density at radius 1 is 1.04 bits per heavy atom. The zero-order valence-corrected chi connectivity index (χ0v) is 19.7. The van der Waals surface area contributed by atoms with Crippen LogP contribution in [0.5, 0.6) is 0 Å². The van der Waals surface area contributed by atoms with E-state index >= 15 is 0 Å². The van der Waals surface area contributed by atoms with Gasteiger partial charge >= 0.3 is 29.6 Å². The van der Waals surface area contributed by atoms with Gasteiger partial charge < -0.3 is 10.5 Å². The van der Waals surface area contributed by atoms with E-state index in [0.29, 0.717) is 17.0 Å². The van der Waals surface area contributed by atoms with Gasteiger partial charge in [-0.25, -0.2) is 0 Å². The van der Waals surface area contributed by atoms with Gasteiger partial charge in [-0.1, -0.05) is 26.0 Å². The van der Waals surface area contributed by atoms with Crippen LogP contribution in [0.4, 0.5) is 5.69 Å². The number of nitrogens with one attached hydrogen (secondary N) is 1. The quantitative estimate of drug-likeness (QED) is 0.749. The predicted molar refractivity (Wildman–Crippen MR) is 105 cm³/mol. The van der Waals surface area contributed by atoms with Crippen LogP contribution in [-0.2, 0) is 4.74 Å². The van der Waals surface area contributed by atoms with E-state index in [9.17, 15) is 0 Å². The SMILES string of the molecule is CC1(C)CC=C(c2nc(C3CC(C)(C)OC(C)(C)C3)ccc2[NH-])CC1.[Na+]. The summed E-state index contributed by atoms with van der Waals surface area (Å²) in [5.74, 6) is 0.388. The van der Waals surface area contributed by atoms with Crippen LogP contribution in [0.15, 0.2) is 18.2 Å². The minimum atomic E-state index is -0.137. The van der Waals surface area contributed by atoms with Crippen LogP contribution in [0.1, 0.15) is 91.0 Å². The van der Waals surface area contributed by atoms with E-state index in [4.69, 9.17) is 15.5 Å². The van der Waals surface area contributed by atoms with Crippen molar-refractivity contribution in [1.29, 1.82) is 0 Å².